The Morgan fingerprint density at radius 1 is 1.26 bits per heavy atom. The molecule has 0 atom stereocenters. The summed E-state index contributed by atoms with van der Waals surface area (Å²) in [6, 6.07) is 17.0. The highest BCUT2D eigenvalue weighted by Gasteiger charge is 2.04. The summed E-state index contributed by atoms with van der Waals surface area (Å²) in [6.45, 7) is 3.01. The van der Waals surface area contributed by atoms with Crippen molar-refractivity contribution in [2.75, 3.05) is 12.4 Å². The number of nitrogens with one attached hydrogen (secondary N) is 1. The van der Waals surface area contributed by atoms with Gasteiger partial charge in [0.1, 0.15) is 5.75 Å². The summed E-state index contributed by atoms with van der Waals surface area (Å²) in [6.07, 6.45) is 0. The van der Waals surface area contributed by atoms with Crippen molar-refractivity contribution in [2.24, 2.45) is 0 Å². The zero-order valence-electron chi connectivity index (χ0n) is 12.9. The Hall–Kier alpha value is -2.45. The Labute approximate surface area is 140 Å². The summed E-state index contributed by atoms with van der Waals surface area (Å²) >= 11 is 1.48. The van der Waals surface area contributed by atoms with Gasteiger partial charge in [-0.25, -0.2) is 0 Å². The number of carbonyl (C=O) groups excluding carboxylic acids is 1. The standard InChI is InChI=1S/C18H18N2O2S/c1-2-22-16-6-8-17(9-7-16)23-13-18(21)20-12-15-5-3-4-14(10-15)11-19/h3-10H,2,12-13H2,1H3,(H,20,21). The van der Waals surface area contributed by atoms with E-state index < -0.39 is 0 Å². The van der Waals surface area contributed by atoms with Crippen molar-refractivity contribution in [3.63, 3.8) is 0 Å². The Balaban J connectivity index is 1.77. The molecule has 2 aromatic rings. The quantitative estimate of drug-likeness (QED) is 0.793. The summed E-state index contributed by atoms with van der Waals surface area (Å²) in [5.41, 5.74) is 1.52. The minimum atomic E-state index is -0.0359. The SMILES string of the molecule is CCOc1ccc(SCC(=O)NCc2cccc(C#N)c2)cc1. The van der Waals surface area contributed by atoms with Crippen LogP contribution in [-0.2, 0) is 11.3 Å². The van der Waals surface area contributed by atoms with Gasteiger partial charge in [-0.05, 0) is 48.9 Å². The zero-order chi connectivity index (χ0) is 16.5. The Morgan fingerprint density at radius 2 is 2.04 bits per heavy atom. The van der Waals surface area contributed by atoms with Gasteiger partial charge in [0.25, 0.3) is 0 Å². The maximum Gasteiger partial charge on any atom is 0.230 e. The van der Waals surface area contributed by atoms with Gasteiger partial charge in [0.2, 0.25) is 5.91 Å². The van der Waals surface area contributed by atoms with E-state index in [9.17, 15) is 4.79 Å². The van der Waals surface area contributed by atoms with E-state index in [0.29, 0.717) is 24.5 Å². The first-order valence-corrected chi connectivity index (χ1v) is 8.31. The molecule has 0 unspecified atom stereocenters. The second kappa shape index (κ2) is 8.86. The average Bonchev–Trinajstić information content (AvgIpc) is 2.60. The van der Waals surface area contributed by atoms with Gasteiger partial charge in [-0.15, -0.1) is 11.8 Å². The third-order valence-electron chi connectivity index (χ3n) is 3.05. The predicted octanol–water partition coefficient (Wildman–Crippen LogP) is 3.37. The fourth-order valence-electron chi connectivity index (χ4n) is 1.95. The van der Waals surface area contributed by atoms with E-state index >= 15 is 0 Å². The summed E-state index contributed by atoms with van der Waals surface area (Å²) in [5.74, 6) is 1.15. The number of benzene rings is 2. The Morgan fingerprint density at radius 3 is 2.74 bits per heavy atom. The van der Waals surface area contributed by atoms with Crippen molar-refractivity contribution < 1.29 is 9.53 Å². The Bertz CT molecular complexity index is 693. The van der Waals surface area contributed by atoms with Gasteiger partial charge in [0.15, 0.2) is 0 Å². The number of amides is 1. The van der Waals surface area contributed by atoms with Crippen molar-refractivity contribution in [1.29, 1.82) is 5.26 Å². The molecule has 23 heavy (non-hydrogen) atoms. The van der Waals surface area contributed by atoms with E-state index in [1.165, 1.54) is 11.8 Å². The molecule has 1 N–H and O–H groups in total. The van der Waals surface area contributed by atoms with Crippen LogP contribution >= 0.6 is 11.8 Å². The van der Waals surface area contributed by atoms with E-state index in [2.05, 4.69) is 11.4 Å². The molecule has 0 fully saturated rings. The van der Waals surface area contributed by atoms with Gasteiger partial charge in [-0.3, -0.25) is 4.79 Å². The normalized spacial score (nSPS) is 9.91. The first-order chi connectivity index (χ1) is 11.2. The number of hydrogen-bond acceptors (Lipinski definition) is 4. The van der Waals surface area contributed by atoms with Crippen molar-refractivity contribution in [1.82, 2.24) is 5.32 Å². The molecule has 0 saturated carbocycles. The third-order valence-corrected chi connectivity index (χ3v) is 4.06. The molecule has 0 saturated heterocycles. The lowest BCUT2D eigenvalue weighted by molar-refractivity contribution is -0.118. The number of thioether (sulfide) groups is 1. The fourth-order valence-corrected chi connectivity index (χ4v) is 2.68. The van der Waals surface area contributed by atoms with E-state index in [1.54, 1.807) is 12.1 Å². The molecule has 0 aliphatic carbocycles. The lowest BCUT2D eigenvalue weighted by Crippen LogP contribution is -2.24. The first-order valence-electron chi connectivity index (χ1n) is 7.32. The van der Waals surface area contributed by atoms with Crippen LogP contribution in [0.25, 0.3) is 0 Å². The molecule has 0 bridgehead atoms. The Kier molecular flexibility index (Phi) is 6.52. The molecular weight excluding hydrogens is 308 g/mol. The van der Waals surface area contributed by atoms with Crippen molar-refractivity contribution in [3.8, 4) is 11.8 Å². The van der Waals surface area contributed by atoms with Crippen molar-refractivity contribution in [3.05, 3.63) is 59.7 Å². The molecule has 4 nitrogen and oxygen atoms in total. The summed E-state index contributed by atoms with van der Waals surface area (Å²) < 4.78 is 5.38. The molecule has 1 amide bonds. The molecule has 0 aliphatic heterocycles. The predicted molar refractivity (Wildman–Crippen MR) is 91.3 cm³/mol. The molecule has 0 radical (unpaired) electrons. The number of nitriles is 1. The zero-order valence-corrected chi connectivity index (χ0v) is 13.7. The number of nitrogens with zero attached hydrogens (tertiary/aromatic N) is 1. The lowest BCUT2D eigenvalue weighted by atomic mass is 10.1. The smallest absolute Gasteiger partial charge is 0.230 e. The minimum Gasteiger partial charge on any atom is -0.494 e. The fraction of sp³-hybridized carbons (Fsp3) is 0.222. The van der Waals surface area contributed by atoms with E-state index in [-0.39, 0.29) is 5.91 Å². The summed E-state index contributed by atoms with van der Waals surface area (Å²) in [4.78, 5) is 12.9. The first kappa shape index (κ1) is 16.9. The van der Waals surface area contributed by atoms with Gasteiger partial charge in [-0.1, -0.05) is 12.1 Å². The maximum atomic E-state index is 11.9. The summed E-state index contributed by atoms with van der Waals surface area (Å²) in [7, 11) is 0. The molecule has 0 spiro atoms. The van der Waals surface area contributed by atoms with Gasteiger partial charge in [0.05, 0.1) is 24.0 Å². The second-order valence-corrected chi connectivity index (χ2v) is 5.83. The summed E-state index contributed by atoms with van der Waals surface area (Å²) in [5, 5.41) is 11.7. The largest absolute Gasteiger partial charge is 0.494 e. The monoisotopic (exact) mass is 326 g/mol. The molecule has 118 valence electrons. The van der Waals surface area contributed by atoms with Crippen LogP contribution in [0.3, 0.4) is 0 Å². The number of hydrogen-bond donors (Lipinski definition) is 1. The lowest BCUT2D eigenvalue weighted by Gasteiger charge is -2.07. The molecular formula is C18H18N2O2S. The maximum absolute atomic E-state index is 11.9. The van der Waals surface area contributed by atoms with E-state index in [0.717, 1.165) is 16.2 Å². The molecule has 5 heteroatoms. The molecule has 0 aliphatic rings. The minimum absolute atomic E-state index is 0.0359. The highest BCUT2D eigenvalue weighted by atomic mass is 32.2. The van der Waals surface area contributed by atoms with Crippen LogP contribution in [0.4, 0.5) is 0 Å². The van der Waals surface area contributed by atoms with Gasteiger partial charge < -0.3 is 10.1 Å². The van der Waals surface area contributed by atoms with Gasteiger partial charge in [0, 0.05) is 11.4 Å². The number of ether oxygens (including phenoxy) is 1. The van der Waals surface area contributed by atoms with Crippen LogP contribution in [0.5, 0.6) is 5.75 Å². The number of rotatable bonds is 7. The molecule has 0 aromatic heterocycles. The van der Waals surface area contributed by atoms with Crippen LogP contribution in [0.15, 0.2) is 53.4 Å². The van der Waals surface area contributed by atoms with Gasteiger partial charge >= 0.3 is 0 Å². The molecule has 0 heterocycles. The topological polar surface area (TPSA) is 62.1 Å². The highest BCUT2D eigenvalue weighted by Crippen LogP contribution is 2.21. The van der Waals surface area contributed by atoms with Gasteiger partial charge in [-0.2, -0.15) is 5.26 Å². The van der Waals surface area contributed by atoms with Crippen LogP contribution in [-0.4, -0.2) is 18.3 Å². The van der Waals surface area contributed by atoms with Crippen LogP contribution in [0, 0.1) is 11.3 Å². The second-order valence-electron chi connectivity index (χ2n) is 4.78. The number of carbonyl (C=O) groups is 1. The van der Waals surface area contributed by atoms with Crippen molar-refractivity contribution >= 4 is 17.7 Å². The van der Waals surface area contributed by atoms with Crippen molar-refractivity contribution in [2.45, 2.75) is 18.4 Å². The van der Waals surface area contributed by atoms with E-state index in [1.807, 2.05) is 43.3 Å². The van der Waals surface area contributed by atoms with Crippen LogP contribution in [0.2, 0.25) is 0 Å². The molecule has 2 rings (SSSR count). The van der Waals surface area contributed by atoms with E-state index in [4.69, 9.17) is 10.00 Å². The third kappa shape index (κ3) is 5.68. The average molecular weight is 326 g/mol. The van der Waals surface area contributed by atoms with Crippen LogP contribution in [0.1, 0.15) is 18.1 Å². The highest BCUT2D eigenvalue weighted by molar-refractivity contribution is 8.00. The van der Waals surface area contributed by atoms with Crippen LogP contribution < -0.4 is 10.1 Å². The molecule has 2 aromatic carbocycles.